The Labute approximate surface area is 166 Å². The van der Waals surface area contributed by atoms with E-state index in [9.17, 15) is 9.59 Å². The number of ether oxygens (including phenoxy) is 2. The molecule has 0 aromatic heterocycles. The number of thiocarbonyl (C=S) groups is 1. The third-order valence-corrected chi connectivity index (χ3v) is 3.81. The van der Waals surface area contributed by atoms with Gasteiger partial charge in [0, 0.05) is 12.2 Å². The first-order valence-electron chi connectivity index (χ1n) is 9.27. The van der Waals surface area contributed by atoms with Gasteiger partial charge in [-0.15, -0.1) is 0 Å². The molecule has 7 nitrogen and oxygen atoms in total. The number of hydrogen-bond donors (Lipinski definition) is 3. The van der Waals surface area contributed by atoms with Crippen LogP contribution in [-0.2, 0) is 9.53 Å². The summed E-state index contributed by atoms with van der Waals surface area (Å²) >= 11 is 4.99. The number of nitrogens with one attached hydrogen (secondary N) is 3. The van der Waals surface area contributed by atoms with Crippen molar-refractivity contribution in [3.8, 4) is 5.75 Å². The van der Waals surface area contributed by atoms with Crippen molar-refractivity contribution in [2.45, 2.75) is 46.0 Å². The summed E-state index contributed by atoms with van der Waals surface area (Å²) in [6.45, 7) is 5.58. The normalized spacial score (nSPS) is 10.1. The number of hydrogen-bond acceptors (Lipinski definition) is 5. The van der Waals surface area contributed by atoms with E-state index in [0.29, 0.717) is 25.4 Å². The summed E-state index contributed by atoms with van der Waals surface area (Å²) in [4.78, 5) is 23.7. The fraction of sp³-hybridized carbons (Fsp3) is 0.526. The van der Waals surface area contributed by atoms with E-state index >= 15 is 0 Å². The lowest BCUT2D eigenvalue weighted by molar-refractivity contribution is -0.122. The molecule has 0 bridgehead atoms. The van der Waals surface area contributed by atoms with Crippen molar-refractivity contribution < 1.29 is 19.1 Å². The fourth-order valence-corrected chi connectivity index (χ4v) is 2.27. The second-order valence-corrected chi connectivity index (χ2v) is 6.25. The third kappa shape index (κ3) is 10.5. The van der Waals surface area contributed by atoms with Gasteiger partial charge >= 0.3 is 0 Å². The van der Waals surface area contributed by atoms with Crippen LogP contribution in [0, 0.1) is 0 Å². The predicted octanol–water partition coefficient (Wildman–Crippen LogP) is 2.71. The summed E-state index contributed by atoms with van der Waals surface area (Å²) in [6, 6.07) is 6.83. The van der Waals surface area contributed by atoms with Gasteiger partial charge in [0.2, 0.25) is 5.91 Å². The van der Waals surface area contributed by atoms with Gasteiger partial charge in [-0.3, -0.25) is 25.8 Å². The molecule has 0 saturated heterocycles. The smallest absolute Gasteiger partial charge is 0.257 e. The Hall–Kier alpha value is -2.19. The first-order chi connectivity index (χ1) is 13.1. The highest BCUT2D eigenvalue weighted by Crippen LogP contribution is 2.13. The molecule has 3 N–H and O–H groups in total. The van der Waals surface area contributed by atoms with Crippen molar-refractivity contribution in [2.75, 3.05) is 19.8 Å². The Bertz CT molecular complexity index is 593. The van der Waals surface area contributed by atoms with Crippen LogP contribution >= 0.6 is 12.2 Å². The third-order valence-electron chi connectivity index (χ3n) is 3.60. The molecule has 0 aliphatic carbocycles. The van der Waals surface area contributed by atoms with E-state index < -0.39 is 0 Å². The lowest BCUT2D eigenvalue weighted by atomic mass is 10.2. The zero-order valence-electron chi connectivity index (χ0n) is 16.0. The van der Waals surface area contributed by atoms with Gasteiger partial charge in [-0.25, -0.2) is 0 Å². The fourth-order valence-electron chi connectivity index (χ4n) is 2.13. The molecule has 0 saturated carbocycles. The minimum Gasteiger partial charge on any atom is -0.494 e. The maximum atomic E-state index is 12.1. The Balaban J connectivity index is 2.30. The minimum absolute atomic E-state index is 0.0148. The second kappa shape index (κ2) is 13.9. The predicted molar refractivity (Wildman–Crippen MR) is 109 cm³/mol. The van der Waals surface area contributed by atoms with E-state index in [4.69, 9.17) is 21.7 Å². The molecule has 1 aromatic rings. The quantitative estimate of drug-likeness (QED) is 0.303. The van der Waals surface area contributed by atoms with Crippen LogP contribution in [0.3, 0.4) is 0 Å². The maximum Gasteiger partial charge on any atom is 0.257 e. The zero-order chi connectivity index (χ0) is 19.9. The van der Waals surface area contributed by atoms with Crippen LogP contribution in [0.2, 0.25) is 0 Å². The van der Waals surface area contributed by atoms with Crippen LogP contribution in [0.25, 0.3) is 0 Å². The van der Waals surface area contributed by atoms with Crippen LogP contribution in [0.4, 0.5) is 0 Å². The van der Waals surface area contributed by atoms with Crippen LogP contribution in [0.1, 0.15) is 56.3 Å². The molecule has 0 fully saturated rings. The summed E-state index contributed by atoms with van der Waals surface area (Å²) in [7, 11) is 0. The Kier molecular flexibility index (Phi) is 11.8. The molecule has 0 aliphatic heterocycles. The van der Waals surface area contributed by atoms with Crippen LogP contribution in [-0.4, -0.2) is 36.7 Å². The number of hydrazine groups is 1. The molecule has 0 unspecified atom stereocenters. The van der Waals surface area contributed by atoms with Crippen molar-refractivity contribution in [3.63, 3.8) is 0 Å². The Morgan fingerprint density at radius 2 is 1.74 bits per heavy atom. The average Bonchev–Trinajstić information content (AvgIpc) is 2.67. The van der Waals surface area contributed by atoms with E-state index in [2.05, 4.69) is 23.1 Å². The molecule has 0 aliphatic rings. The summed E-state index contributed by atoms with van der Waals surface area (Å²) in [5.74, 6) is 0.0800. The van der Waals surface area contributed by atoms with Gasteiger partial charge in [-0.2, -0.15) is 0 Å². The molecule has 150 valence electrons. The standard InChI is InChI=1S/C19H29N3O4S/c1-3-5-6-7-13-26-16-10-8-15(9-11-16)18(24)20-19(27)22-21-17(23)12-14-25-4-2/h8-11H,3-7,12-14H2,1-2H3,(H,21,23)(H2,20,22,24,27). The van der Waals surface area contributed by atoms with Crippen LogP contribution in [0.15, 0.2) is 24.3 Å². The molecule has 1 rings (SSSR count). The lowest BCUT2D eigenvalue weighted by Gasteiger charge is -2.11. The number of amides is 2. The average molecular weight is 396 g/mol. The zero-order valence-corrected chi connectivity index (χ0v) is 16.8. The van der Waals surface area contributed by atoms with Gasteiger partial charge < -0.3 is 9.47 Å². The van der Waals surface area contributed by atoms with E-state index in [0.717, 1.165) is 18.6 Å². The molecule has 27 heavy (non-hydrogen) atoms. The van der Waals surface area contributed by atoms with E-state index in [-0.39, 0.29) is 23.3 Å². The molecular formula is C19H29N3O4S. The largest absolute Gasteiger partial charge is 0.494 e. The Morgan fingerprint density at radius 3 is 2.41 bits per heavy atom. The second-order valence-electron chi connectivity index (χ2n) is 5.84. The molecule has 0 atom stereocenters. The van der Waals surface area contributed by atoms with Crippen molar-refractivity contribution in [1.29, 1.82) is 0 Å². The summed E-state index contributed by atoms with van der Waals surface area (Å²) < 4.78 is 10.7. The van der Waals surface area contributed by atoms with E-state index in [1.807, 2.05) is 6.92 Å². The highest BCUT2D eigenvalue weighted by atomic mass is 32.1. The van der Waals surface area contributed by atoms with Crippen LogP contribution < -0.4 is 20.9 Å². The van der Waals surface area contributed by atoms with Gasteiger partial charge in [-0.1, -0.05) is 26.2 Å². The van der Waals surface area contributed by atoms with Crippen molar-refractivity contribution in [2.24, 2.45) is 0 Å². The van der Waals surface area contributed by atoms with Gasteiger partial charge in [0.05, 0.1) is 19.6 Å². The SMILES string of the molecule is CCCCCCOc1ccc(C(=O)NC(=S)NNC(=O)CCOCC)cc1. The van der Waals surface area contributed by atoms with E-state index in [1.165, 1.54) is 12.8 Å². The minimum atomic E-state index is -0.370. The molecule has 8 heteroatoms. The maximum absolute atomic E-state index is 12.1. The molecule has 1 aromatic carbocycles. The number of unbranched alkanes of at least 4 members (excludes halogenated alkanes) is 3. The molecular weight excluding hydrogens is 366 g/mol. The molecule has 2 amide bonds. The number of benzene rings is 1. The number of carbonyl (C=O) groups excluding carboxylic acids is 2. The topological polar surface area (TPSA) is 88.7 Å². The Morgan fingerprint density at radius 1 is 1.00 bits per heavy atom. The van der Waals surface area contributed by atoms with E-state index in [1.54, 1.807) is 24.3 Å². The van der Waals surface area contributed by atoms with Gasteiger partial charge in [-0.05, 0) is 49.8 Å². The number of carbonyl (C=O) groups is 2. The van der Waals surface area contributed by atoms with Crippen LogP contribution in [0.5, 0.6) is 5.75 Å². The first-order valence-corrected chi connectivity index (χ1v) is 9.68. The van der Waals surface area contributed by atoms with Gasteiger partial charge in [0.25, 0.3) is 5.91 Å². The molecule has 0 spiro atoms. The number of rotatable bonds is 11. The monoisotopic (exact) mass is 395 g/mol. The van der Waals surface area contributed by atoms with Crippen molar-refractivity contribution >= 4 is 29.1 Å². The summed E-state index contributed by atoms with van der Waals surface area (Å²) in [5, 5.41) is 2.51. The molecule has 0 radical (unpaired) electrons. The molecule has 0 heterocycles. The highest BCUT2D eigenvalue weighted by Gasteiger charge is 2.09. The first kappa shape index (κ1) is 22.9. The van der Waals surface area contributed by atoms with Crippen molar-refractivity contribution in [3.05, 3.63) is 29.8 Å². The van der Waals surface area contributed by atoms with Crippen molar-refractivity contribution in [1.82, 2.24) is 16.2 Å². The van der Waals surface area contributed by atoms with Gasteiger partial charge in [0.1, 0.15) is 5.75 Å². The van der Waals surface area contributed by atoms with Gasteiger partial charge in [0.15, 0.2) is 5.11 Å². The highest BCUT2D eigenvalue weighted by molar-refractivity contribution is 7.80. The lowest BCUT2D eigenvalue weighted by Crippen LogP contribution is -2.48. The summed E-state index contributed by atoms with van der Waals surface area (Å²) in [5.41, 5.74) is 5.33. The summed E-state index contributed by atoms with van der Waals surface area (Å²) in [6.07, 6.45) is 4.79.